The number of halogens is 2. The average molecular weight is 266 g/mol. The van der Waals surface area contributed by atoms with Gasteiger partial charge in [-0.15, -0.1) is 0 Å². The molecule has 0 aliphatic heterocycles. The Balaban J connectivity index is 2.40. The highest BCUT2D eigenvalue weighted by atomic mass is 35.5. The van der Waals surface area contributed by atoms with Crippen LogP contribution in [0.15, 0.2) is 12.1 Å². The van der Waals surface area contributed by atoms with E-state index in [9.17, 15) is 4.39 Å². The van der Waals surface area contributed by atoms with Gasteiger partial charge in [0.1, 0.15) is 5.82 Å². The van der Waals surface area contributed by atoms with Crippen LogP contribution < -0.4 is 5.73 Å². The molecule has 0 fully saturated rings. The van der Waals surface area contributed by atoms with Crippen LogP contribution in [0.1, 0.15) is 30.8 Å². The topological polar surface area (TPSA) is 30.9 Å². The third-order valence-corrected chi connectivity index (χ3v) is 4.12. The van der Waals surface area contributed by atoms with Crippen molar-refractivity contribution >= 4 is 22.5 Å². The van der Waals surface area contributed by atoms with Crippen molar-refractivity contribution in [3.05, 3.63) is 40.7 Å². The predicted molar refractivity (Wildman–Crippen MR) is 72.1 cm³/mol. The van der Waals surface area contributed by atoms with Gasteiger partial charge in [-0.2, -0.15) is 0 Å². The van der Waals surface area contributed by atoms with Gasteiger partial charge in [-0.1, -0.05) is 18.5 Å². The molecule has 0 bridgehead atoms. The number of rotatable bonds is 2. The van der Waals surface area contributed by atoms with Gasteiger partial charge in [0.15, 0.2) is 0 Å². The van der Waals surface area contributed by atoms with Gasteiger partial charge in [0.25, 0.3) is 0 Å². The molecule has 0 spiro atoms. The Bertz CT molecular complexity index is 618. The maximum Gasteiger partial charge on any atom is 0.142 e. The van der Waals surface area contributed by atoms with Gasteiger partial charge in [0, 0.05) is 11.1 Å². The molecule has 1 aromatic heterocycles. The zero-order chi connectivity index (χ0) is 12.9. The van der Waals surface area contributed by atoms with Crippen molar-refractivity contribution in [1.29, 1.82) is 0 Å². The Morgan fingerprint density at radius 2 is 2.22 bits per heavy atom. The molecule has 4 heteroatoms. The molecule has 0 saturated heterocycles. The number of aryl methyl sites for hydroxylation is 1. The van der Waals surface area contributed by atoms with E-state index in [2.05, 4.69) is 4.57 Å². The SMILES string of the molecule is C[CH]C(N)n1c2c(c3c(Cl)c(F)ccc31)CCC2. The Hall–Kier alpha value is -1.06. The molecule has 1 unspecified atom stereocenters. The molecule has 2 aromatic rings. The Morgan fingerprint density at radius 1 is 1.44 bits per heavy atom. The first-order chi connectivity index (χ1) is 8.65. The fourth-order valence-electron chi connectivity index (χ4n) is 2.93. The molecule has 1 radical (unpaired) electrons. The van der Waals surface area contributed by atoms with E-state index in [4.69, 9.17) is 17.3 Å². The van der Waals surface area contributed by atoms with Crippen molar-refractivity contribution in [1.82, 2.24) is 4.57 Å². The first-order valence-electron chi connectivity index (χ1n) is 6.20. The average Bonchev–Trinajstić information content (AvgIpc) is 2.92. The lowest BCUT2D eigenvalue weighted by molar-refractivity contribution is 0.588. The lowest BCUT2D eigenvalue weighted by Gasteiger charge is -2.16. The minimum absolute atomic E-state index is 0.184. The van der Waals surface area contributed by atoms with Crippen molar-refractivity contribution in [3.8, 4) is 0 Å². The quantitative estimate of drug-likeness (QED) is 0.884. The van der Waals surface area contributed by atoms with Gasteiger partial charge >= 0.3 is 0 Å². The van der Waals surface area contributed by atoms with Gasteiger partial charge in [0.05, 0.1) is 16.7 Å². The molecular formula is C14H15ClFN2. The molecule has 3 rings (SSSR count). The molecule has 1 aliphatic carbocycles. The highest BCUT2D eigenvalue weighted by molar-refractivity contribution is 6.36. The summed E-state index contributed by atoms with van der Waals surface area (Å²) in [6.45, 7) is 1.93. The summed E-state index contributed by atoms with van der Waals surface area (Å²) in [5.41, 5.74) is 9.46. The van der Waals surface area contributed by atoms with Crippen LogP contribution in [0.4, 0.5) is 4.39 Å². The smallest absolute Gasteiger partial charge is 0.142 e. The van der Waals surface area contributed by atoms with Crippen molar-refractivity contribution < 1.29 is 4.39 Å². The molecular weight excluding hydrogens is 251 g/mol. The fraction of sp³-hybridized carbons (Fsp3) is 0.357. The minimum Gasteiger partial charge on any atom is -0.328 e. The summed E-state index contributed by atoms with van der Waals surface area (Å²) in [6, 6.07) is 3.19. The van der Waals surface area contributed by atoms with E-state index in [1.807, 2.05) is 13.3 Å². The predicted octanol–water partition coefficient (Wildman–Crippen LogP) is 3.60. The Morgan fingerprint density at radius 3 is 2.94 bits per heavy atom. The first kappa shape index (κ1) is 12.0. The highest BCUT2D eigenvalue weighted by Crippen LogP contribution is 2.39. The molecule has 0 amide bonds. The monoisotopic (exact) mass is 265 g/mol. The number of fused-ring (bicyclic) bond motifs is 3. The van der Waals surface area contributed by atoms with E-state index in [0.717, 1.165) is 30.2 Å². The Labute approximate surface area is 111 Å². The zero-order valence-electron chi connectivity index (χ0n) is 10.2. The second-order valence-corrected chi connectivity index (χ2v) is 5.11. The molecule has 1 heterocycles. The van der Waals surface area contributed by atoms with Crippen molar-refractivity contribution in [2.24, 2.45) is 5.73 Å². The first-order valence-corrected chi connectivity index (χ1v) is 6.57. The van der Waals surface area contributed by atoms with Crippen LogP contribution in [0.3, 0.4) is 0 Å². The molecule has 1 atom stereocenters. The maximum absolute atomic E-state index is 13.6. The number of benzene rings is 1. The minimum atomic E-state index is -0.356. The summed E-state index contributed by atoms with van der Waals surface area (Å²) in [4.78, 5) is 0. The maximum atomic E-state index is 13.6. The highest BCUT2D eigenvalue weighted by Gasteiger charge is 2.26. The second-order valence-electron chi connectivity index (χ2n) is 4.73. The van der Waals surface area contributed by atoms with E-state index in [-0.39, 0.29) is 17.0 Å². The van der Waals surface area contributed by atoms with E-state index in [1.165, 1.54) is 17.3 Å². The lowest BCUT2D eigenvalue weighted by atomic mass is 10.1. The van der Waals surface area contributed by atoms with Gasteiger partial charge in [-0.05, 0) is 43.4 Å². The third-order valence-electron chi connectivity index (χ3n) is 3.75. The zero-order valence-corrected chi connectivity index (χ0v) is 11.0. The van der Waals surface area contributed by atoms with Crippen LogP contribution in [0.5, 0.6) is 0 Å². The van der Waals surface area contributed by atoms with Crippen LogP contribution in [0, 0.1) is 12.2 Å². The summed E-state index contributed by atoms with van der Waals surface area (Å²) >= 11 is 6.13. The van der Waals surface area contributed by atoms with Crippen LogP contribution in [0.25, 0.3) is 10.9 Å². The van der Waals surface area contributed by atoms with Crippen molar-refractivity contribution in [3.63, 3.8) is 0 Å². The largest absolute Gasteiger partial charge is 0.328 e. The van der Waals surface area contributed by atoms with Crippen LogP contribution >= 0.6 is 11.6 Å². The fourth-order valence-corrected chi connectivity index (χ4v) is 3.20. The lowest BCUT2D eigenvalue weighted by Crippen LogP contribution is -2.19. The van der Waals surface area contributed by atoms with E-state index in [1.54, 1.807) is 6.07 Å². The second kappa shape index (κ2) is 4.25. The molecule has 1 aliphatic rings. The number of nitrogens with two attached hydrogens (primary N) is 1. The number of nitrogens with zero attached hydrogens (tertiary/aromatic N) is 1. The van der Waals surface area contributed by atoms with Gasteiger partial charge in [-0.25, -0.2) is 4.39 Å². The summed E-state index contributed by atoms with van der Waals surface area (Å²) in [5, 5.41) is 1.08. The van der Waals surface area contributed by atoms with Crippen LogP contribution in [-0.2, 0) is 12.8 Å². The molecule has 2 nitrogen and oxygen atoms in total. The molecule has 2 N–H and O–H groups in total. The van der Waals surface area contributed by atoms with Crippen molar-refractivity contribution in [2.75, 3.05) is 0 Å². The molecule has 0 saturated carbocycles. The van der Waals surface area contributed by atoms with Crippen molar-refractivity contribution in [2.45, 2.75) is 32.4 Å². The van der Waals surface area contributed by atoms with E-state index >= 15 is 0 Å². The summed E-state index contributed by atoms with van der Waals surface area (Å²) in [7, 11) is 0. The number of hydrogen-bond acceptors (Lipinski definition) is 1. The van der Waals surface area contributed by atoms with E-state index in [0.29, 0.717) is 0 Å². The van der Waals surface area contributed by atoms with Crippen LogP contribution in [-0.4, -0.2) is 4.57 Å². The normalized spacial score (nSPS) is 16.2. The third kappa shape index (κ3) is 1.50. The summed E-state index contributed by atoms with van der Waals surface area (Å²) in [6.07, 6.45) is 4.79. The number of aromatic nitrogens is 1. The Kier molecular flexibility index (Phi) is 2.83. The summed E-state index contributed by atoms with van der Waals surface area (Å²) < 4.78 is 15.7. The van der Waals surface area contributed by atoms with Gasteiger partial charge in [-0.3, -0.25) is 0 Å². The standard InChI is InChI=1S/C14H15ClFN2/c1-2-12(17)18-10-5-3-4-8(10)13-11(18)7-6-9(16)14(13)15/h2,6-7,12H,3-5,17H2,1H3. The van der Waals surface area contributed by atoms with Crippen LogP contribution in [0.2, 0.25) is 5.02 Å². The number of hydrogen-bond donors (Lipinski definition) is 1. The molecule has 95 valence electrons. The molecule has 18 heavy (non-hydrogen) atoms. The van der Waals surface area contributed by atoms with Gasteiger partial charge in [0.2, 0.25) is 0 Å². The summed E-state index contributed by atoms with van der Waals surface area (Å²) in [5.74, 6) is -0.356. The van der Waals surface area contributed by atoms with E-state index < -0.39 is 0 Å². The van der Waals surface area contributed by atoms with Gasteiger partial charge < -0.3 is 10.3 Å². The molecule has 1 aromatic carbocycles.